The maximum Gasteiger partial charge on any atom is 0.265 e. The van der Waals surface area contributed by atoms with Crippen molar-refractivity contribution in [1.29, 1.82) is 0 Å². The van der Waals surface area contributed by atoms with Crippen LogP contribution >= 0.6 is 23.2 Å². The molecule has 2 rings (SSSR count). The fourth-order valence-corrected chi connectivity index (χ4v) is 2.96. The van der Waals surface area contributed by atoms with Gasteiger partial charge in [-0.3, -0.25) is 9.52 Å². The number of halogens is 2. The number of primary amides is 1. The molecule has 8 nitrogen and oxygen atoms in total. The number of nitrogens with two attached hydrogens (primary N) is 1. The minimum atomic E-state index is -4.00. The molecule has 0 saturated carbocycles. The molecule has 0 aliphatic carbocycles. The van der Waals surface area contributed by atoms with Crippen molar-refractivity contribution in [2.75, 3.05) is 4.72 Å². The van der Waals surface area contributed by atoms with Crippen LogP contribution in [0.15, 0.2) is 23.5 Å². The zero-order chi connectivity index (χ0) is 15.8. The van der Waals surface area contributed by atoms with Crippen LogP contribution in [0.4, 0.5) is 5.82 Å². The average molecular weight is 350 g/mol. The smallest absolute Gasteiger partial charge is 0.265 e. The van der Waals surface area contributed by atoms with Crippen LogP contribution in [0.2, 0.25) is 10.2 Å². The van der Waals surface area contributed by atoms with Gasteiger partial charge >= 0.3 is 0 Å². The van der Waals surface area contributed by atoms with Crippen LogP contribution in [0.1, 0.15) is 10.5 Å². The van der Waals surface area contributed by atoms with Crippen molar-refractivity contribution < 1.29 is 13.2 Å². The molecule has 0 radical (unpaired) electrons. The van der Waals surface area contributed by atoms with Crippen molar-refractivity contribution in [3.63, 3.8) is 0 Å². The van der Waals surface area contributed by atoms with Gasteiger partial charge in [0, 0.05) is 13.2 Å². The van der Waals surface area contributed by atoms with E-state index in [0.717, 1.165) is 12.4 Å². The Morgan fingerprint density at radius 1 is 1.38 bits per heavy atom. The zero-order valence-electron chi connectivity index (χ0n) is 10.5. The lowest BCUT2D eigenvalue weighted by Gasteiger charge is -2.07. The highest BCUT2D eigenvalue weighted by Gasteiger charge is 2.21. The summed E-state index contributed by atoms with van der Waals surface area (Å²) in [6, 6.07) is 1.14. The van der Waals surface area contributed by atoms with E-state index in [0.29, 0.717) is 0 Å². The van der Waals surface area contributed by atoms with Crippen LogP contribution in [-0.4, -0.2) is 28.9 Å². The molecule has 0 spiro atoms. The van der Waals surface area contributed by atoms with Gasteiger partial charge in [-0.25, -0.2) is 18.4 Å². The highest BCUT2D eigenvalue weighted by atomic mass is 35.5. The fourth-order valence-electron chi connectivity index (χ4n) is 1.53. The van der Waals surface area contributed by atoms with E-state index in [1.807, 2.05) is 0 Å². The standard InChI is InChI=1S/C10H9Cl2N5O3S/c1-17-3-5(2-6(17)9(13)18)21(19,20)16-10-7(11)8(12)14-4-15-10/h2-4H,1H3,(H2,13,18)(H,14,15,16). The number of sulfonamides is 1. The number of carbonyl (C=O) groups excluding carboxylic acids is 1. The van der Waals surface area contributed by atoms with Crippen LogP contribution in [0, 0.1) is 0 Å². The third-order valence-electron chi connectivity index (χ3n) is 2.52. The number of aromatic nitrogens is 3. The Bertz CT molecular complexity index is 818. The number of hydrogen-bond acceptors (Lipinski definition) is 5. The van der Waals surface area contributed by atoms with Crippen LogP contribution in [-0.2, 0) is 17.1 Å². The normalized spacial score (nSPS) is 11.4. The van der Waals surface area contributed by atoms with E-state index in [1.54, 1.807) is 0 Å². The molecule has 21 heavy (non-hydrogen) atoms. The average Bonchev–Trinajstić information content (AvgIpc) is 2.78. The summed E-state index contributed by atoms with van der Waals surface area (Å²) in [4.78, 5) is 18.3. The number of amides is 1. The van der Waals surface area contributed by atoms with E-state index in [9.17, 15) is 13.2 Å². The Labute approximate surface area is 129 Å². The Morgan fingerprint density at radius 3 is 2.62 bits per heavy atom. The highest BCUT2D eigenvalue weighted by Crippen LogP contribution is 2.27. The van der Waals surface area contributed by atoms with Crippen molar-refractivity contribution in [2.24, 2.45) is 12.8 Å². The third kappa shape index (κ3) is 3.09. The summed E-state index contributed by atoms with van der Waals surface area (Å²) < 4.78 is 27.9. The minimum absolute atomic E-state index is 0.0437. The molecule has 0 fully saturated rings. The van der Waals surface area contributed by atoms with Gasteiger partial charge in [0.25, 0.3) is 15.9 Å². The van der Waals surface area contributed by atoms with Gasteiger partial charge < -0.3 is 10.3 Å². The Hall–Kier alpha value is -1.84. The molecule has 0 aliphatic rings. The summed E-state index contributed by atoms with van der Waals surface area (Å²) >= 11 is 11.5. The number of hydrogen-bond donors (Lipinski definition) is 2. The van der Waals surface area contributed by atoms with Crippen LogP contribution in [0.5, 0.6) is 0 Å². The van der Waals surface area contributed by atoms with Crippen LogP contribution in [0.3, 0.4) is 0 Å². The molecule has 0 unspecified atom stereocenters. The largest absolute Gasteiger partial charge is 0.364 e. The number of nitrogens with zero attached hydrogens (tertiary/aromatic N) is 3. The molecular formula is C10H9Cl2N5O3S. The summed E-state index contributed by atoms with van der Waals surface area (Å²) in [5, 5.41) is -0.218. The first-order valence-electron chi connectivity index (χ1n) is 5.37. The maximum absolute atomic E-state index is 12.2. The Kier molecular flexibility index (Phi) is 4.08. The van der Waals surface area contributed by atoms with E-state index in [1.165, 1.54) is 17.8 Å². The Balaban J connectivity index is 2.41. The highest BCUT2D eigenvalue weighted by molar-refractivity contribution is 7.92. The van der Waals surface area contributed by atoms with Crippen LogP contribution < -0.4 is 10.5 Å². The fraction of sp³-hybridized carbons (Fsp3) is 0.100. The van der Waals surface area contributed by atoms with Crippen molar-refractivity contribution in [2.45, 2.75) is 4.90 Å². The van der Waals surface area contributed by atoms with Crippen molar-refractivity contribution >= 4 is 45.0 Å². The van der Waals surface area contributed by atoms with Crippen molar-refractivity contribution in [1.82, 2.24) is 14.5 Å². The molecule has 2 aromatic heterocycles. The monoisotopic (exact) mass is 349 g/mol. The van der Waals surface area contributed by atoms with Gasteiger partial charge in [-0.1, -0.05) is 23.2 Å². The summed E-state index contributed by atoms with van der Waals surface area (Å²) in [5.74, 6) is -0.914. The first-order valence-corrected chi connectivity index (χ1v) is 7.61. The Morgan fingerprint density at radius 2 is 2.05 bits per heavy atom. The summed E-state index contributed by atoms with van der Waals surface area (Å²) in [7, 11) is -2.51. The second-order valence-electron chi connectivity index (χ2n) is 3.97. The van der Waals surface area contributed by atoms with Gasteiger partial charge in [-0.2, -0.15) is 0 Å². The minimum Gasteiger partial charge on any atom is -0.364 e. The molecule has 2 heterocycles. The first-order chi connectivity index (χ1) is 9.72. The van der Waals surface area contributed by atoms with E-state index in [-0.39, 0.29) is 26.6 Å². The zero-order valence-corrected chi connectivity index (χ0v) is 12.9. The molecule has 2 aromatic rings. The molecule has 112 valence electrons. The molecule has 0 bridgehead atoms. The number of nitrogens with one attached hydrogen (secondary N) is 1. The SMILES string of the molecule is Cn1cc(S(=O)(=O)Nc2ncnc(Cl)c2Cl)cc1C(N)=O. The lowest BCUT2D eigenvalue weighted by atomic mass is 10.4. The molecule has 1 amide bonds. The van der Waals surface area contributed by atoms with E-state index in [4.69, 9.17) is 28.9 Å². The van der Waals surface area contributed by atoms with Gasteiger partial charge in [-0.15, -0.1) is 0 Å². The number of aryl methyl sites for hydroxylation is 1. The van der Waals surface area contributed by atoms with Gasteiger partial charge in [0.15, 0.2) is 11.0 Å². The second-order valence-corrected chi connectivity index (χ2v) is 6.39. The van der Waals surface area contributed by atoms with Gasteiger partial charge in [-0.05, 0) is 6.07 Å². The first kappa shape index (κ1) is 15.5. The predicted molar refractivity (Wildman–Crippen MR) is 76.8 cm³/mol. The third-order valence-corrected chi connectivity index (χ3v) is 4.57. The number of rotatable bonds is 4. The van der Waals surface area contributed by atoms with Crippen molar-refractivity contribution in [3.8, 4) is 0 Å². The summed E-state index contributed by atoms with van der Waals surface area (Å²) in [6.45, 7) is 0. The topological polar surface area (TPSA) is 120 Å². The molecule has 11 heteroatoms. The van der Waals surface area contributed by atoms with Crippen LogP contribution in [0.25, 0.3) is 0 Å². The van der Waals surface area contributed by atoms with Crippen molar-refractivity contribution in [3.05, 3.63) is 34.5 Å². The predicted octanol–water partition coefficient (Wildman–Crippen LogP) is 1.02. The van der Waals surface area contributed by atoms with Gasteiger partial charge in [0.1, 0.15) is 21.9 Å². The van der Waals surface area contributed by atoms with Gasteiger partial charge in [0.05, 0.1) is 0 Å². The lowest BCUT2D eigenvalue weighted by molar-refractivity contribution is 0.0992. The van der Waals surface area contributed by atoms with E-state index < -0.39 is 15.9 Å². The van der Waals surface area contributed by atoms with E-state index >= 15 is 0 Å². The molecular weight excluding hydrogens is 341 g/mol. The second kappa shape index (κ2) is 5.51. The summed E-state index contributed by atoms with van der Waals surface area (Å²) in [6.07, 6.45) is 2.30. The summed E-state index contributed by atoms with van der Waals surface area (Å²) in [5.41, 5.74) is 5.18. The molecule has 3 N–H and O–H groups in total. The molecule has 0 saturated heterocycles. The van der Waals surface area contributed by atoms with E-state index in [2.05, 4.69) is 14.7 Å². The molecule has 0 aliphatic heterocycles. The van der Waals surface area contributed by atoms with Gasteiger partial charge in [0.2, 0.25) is 0 Å². The quantitative estimate of drug-likeness (QED) is 0.798. The lowest BCUT2D eigenvalue weighted by Crippen LogP contribution is -2.15. The number of anilines is 1. The number of carbonyl (C=O) groups is 1. The molecule has 0 aromatic carbocycles. The molecule has 0 atom stereocenters. The maximum atomic E-state index is 12.2.